The maximum absolute atomic E-state index is 12.4. The third-order valence-electron chi connectivity index (χ3n) is 4.17. The lowest BCUT2D eigenvalue weighted by molar-refractivity contribution is -0.119. The fraction of sp³-hybridized carbons (Fsp3) is 0.529. The van der Waals surface area contributed by atoms with E-state index in [-0.39, 0.29) is 30.1 Å². The molecule has 1 aromatic rings. The van der Waals surface area contributed by atoms with Gasteiger partial charge in [0.05, 0.1) is 6.04 Å². The Morgan fingerprint density at radius 3 is 2.62 bits per heavy atom. The lowest BCUT2D eigenvalue weighted by Crippen LogP contribution is -2.44. The summed E-state index contributed by atoms with van der Waals surface area (Å²) in [5, 5.41) is 5.61. The molecule has 4 N–H and O–H groups in total. The summed E-state index contributed by atoms with van der Waals surface area (Å²) in [6, 6.07) is 4.69. The smallest absolute Gasteiger partial charge is 0.251 e. The van der Waals surface area contributed by atoms with Gasteiger partial charge in [-0.05, 0) is 50.3 Å². The first-order chi connectivity index (χ1) is 11.0. The molecule has 1 aliphatic heterocycles. The summed E-state index contributed by atoms with van der Waals surface area (Å²) in [6.45, 7) is 5.61. The van der Waals surface area contributed by atoms with Crippen LogP contribution in [-0.4, -0.2) is 37.6 Å². The molecule has 0 aliphatic carbocycles. The Hall–Kier alpha value is -1.63. The molecule has 1 heterocycles. The maximum atomic E-state index is 12.4. The zero-order chi connectivity index (χ0) is 16.8. The first-order valence-electron chi connectivity index (χ1n) is 8.06. The highest BCUT2D eigenvalue weighted by atomic mass is 35.5. The van der Waals surface area contributed by atoms with Crippen molar-refractivity contribution in [3.05, 3.63) is 29.3 Å². The van der Waals surface area contributed by atoms with Crippen molar-refractivity contribution < 1.29 is 14.3 Å². The fourth-order valence-corrected chi connectivity index (χ4v) is 2.67. The first kappa shape index (κ1) is 20.4. The van der Waals surface area contributed by atoms with Crippen molar-refractivity contribution in [2.24, 2.45) is 11.7 Å². The van der Waals surface area contributed by atoms with Crippen molar-refractivity contribution in [3.8, 4) is 0 Å². The fourth-order valence-electron chi connectivity index (χ4n) is 2.67. The summed E-state index contributed by atoms with van der Waals surface area (Å²) in [6.07, 6.45) is 1.60. The van der Waals surface area contributed by atoms with E-state index in [0.29, 0.717) is 31.0 Å². The monoisotopic (exact) mass is 355 g/mol. The highest BCUT2D eigenvalue weighted by molar-refractivity contribution is 5.99. The Labute approximate surface area is 148 Å². The Morgan fingerprint density at radius 1 is 1.33 bits per heavy atom. The van der Waals surface area contributed by atoms with Crippen molar-refractivity contribution >= 4 is 29.9 Å². The number of ether oxygens (including phenoxy) is 1. The number of hydrogen-bond acceptors (Lipinski definition) is 4. The Kier molecular flexibility index (Phi) is 8.18. The van der Waals surface area contributed by atoms with E-state index in [4.69, 9.17) is 10.5 Å². The van der Waals surface area contributed by atoms with Gasteiger partial charge in [0.15, 0.2) is 0 Å². The predicted octanol–water partition coefficient (Wildman–Crippen LogP) is 1.86. The average Bonchev–Trinajstić information content (AvgIpc) is 2.57. The predicted molar refractivity (Wildman–Crippen MR) is 96.6 cm³/mol. The lowest BCUT2D eigenvalue weighted by Gasteiger charge is -2.27. The third kappa shape index (κ3) is 5.19. The van der Waals surface area contributed by atoms with Crippen LogP contribution in [0.1, 0.15) is 35.7 Å². The van der Waals surface area contributed by atoms with Crippen LogP contribution in [0.2, 0.25) is 0 Å². The third-order valence-corrected chi connectivity index (χ3v) is 4.17. The maximum Gasteiger partial charge on any atom is 0.251 e. The number of anilines is 1. The largest absolute Gasteiger partial charge is 0.381 e. The van der Waals surface area contributed by atoms with Gasteiger partial charge in [-0.25, -0.2) is 0 Å². The molecular formula is C17H26ClN3O3. The molecule has 1 unspecified atom stereocenters. The molecule has 6 nitrogen and oxygen atoms in total. The molecule has 0 radical (unpaired) electrons. The molecule has 1 atom stereocenters. The highest BCUT2D eigenvalue weighted by Crippen LogP contribution is 2.21. The number of nitrogens with one attached hydrogen (secondary N) is 2. The van der Waals surface area contributed by atoms with E-state index in [1.165, 1.54) is 0 Å². The first-order valence-corrected chi connectivity index (χ1v) is 8.06. The summed E-state index contributed by atoms with van der Waals surface area (Å²) < 4.78 is 5.30. The van der Waals surface area contributed by atoms with Crippen molar-refractivity contribution in [3.63, 3.8) is 0 Å². The van der Waals surface area contributed by atoms with Crippen molar-refractivity contribution in [2.75, 3.05) is 25.1 Å². The zero-order valence-corrected chi connectivity index (χ0v) is 14.9. The van der Waals surface area contributed by atoms with Crippen molar-refractivity contribution in [2.45, 2.75) is 32.7 Å². The topological polar surface area (TPSA) is 93.5 Å². The Morgan fingerprint density at radius 2 is 2.00 bits per heavy atom. The molecule has 0 bridgehead atoms. The van der Waals surface area contributed by atoms with E-state index in [2.05, 4.69) is 10.6 Å². The second kappa shape index (κ2) is 9.61. The lowest BCUT2D eigenvalue weighted by atomic mass is 9.91. The summed E-state index contributed by atoms with van der Waals surface area (Å²) >= 11 is 0. The van der Waals surface area contributed by atoms with Crippen molar-refractivity contribution in [1.29, 1.82) is 0 Å². The van der Waals surface area contributed by atoms with Gasteiger partial charge in [-0.3, -0.25) is 9.59 Å². The molecule has 0 saturated carbocycles. The van der Waals surface area contributed by atoms with Crippen LogP contribution in [0.15, 0.2) is 18.2 Å². The number of benzene rings is 1. The molecule has 1 aromatic carbocycles. The standard InChI is InChI=1S/C17H25N3O3.ClH/c1-3-19-16(21)13-5-4-11(2)14(10-13)20-17(22)15(18)12-6-8-23-9-7-12;/h4-5,10,12,15H,3,6-9,18H2,1-2H3,(H,19,21)(H,20,22);1H. The van der Waals surface area contributed by atoms with Crippen LogP contribution < -0.4 is 16.4 Å². The minimum absolute atomic E-state index is 0. The van der Waals surface area contributed by atoms with E-state index < -0.39 is 6.04 Å². The summed E-state index contributed by atoms with van der Waals surface area (Å²) in [5.41, 5.74) is 8.13. The van der Waals surface area contributed by atoms with Gasteiger partial charge in [0.2, 0.25) is 5.91 Å². The van der Waals surface area contributed by atoms with Gasteiger partial charge in [-0.15, -0.1) is 12.4 Å². The van der Waals surface area contributed by atoms with Crippen LogP contribution in [0.25, 0.3) is 0 Å². The van der Waals surface area contributed by atoms with Crippen LogP contribution in [0.4, 0.5) is 5.69 Å². The Bertz CT molecular complexity index is 574. The van der Waals surface area contributed by atoms with Crippen molar-refractivity contribution in [1.82, 2.24) is 5.32 Å². The molecule has 0 aromatic heterocycles. The number of carbonyl (C=O) groups excluding carboxylic acids is 2. The number of nitrogens with two attached hydrogens (primary N) is 1. The van der Waals surface area contributed by atoms with E-state index in [0.717, 1.165) is 18.4 Å². The minimum atomic E-state index is -0.563. The molecule has 2 amide bonds. The van der Waals surface area contributed by atoms with E-state index >= 15 is 0 Å². The summed E-state index contributed by atoms with van der Waals surface area (Å²) in [7, 11) is 0. The molecular weight excluding hydrogens is 330 g/mol. The SMILES string of the molecule is CCNC(=O)c1ccc(C)c(NC(=O)C(N)C2CCOCC2)c1.Cl. The molecule has 0 spiro atoms. The quantitative estimate of drug-likeness (QED) is 0.751. The van der Waals surface area contributed by atoms with E-state index in [1.807, 2.05) is 19.9 Å². The van der Waals surface area contributed by atoms with E-state index in [1.54, 1.807) is 12.1 Å². The van der Waals surface area contributed by atoms with Gasteiger partial charge in [-0.1, -0.05) is 6.07 Å². The molecule has 2 rings (SSSR count). The van der Waals surface area contributed by atoms with Gasteiger partial charge < -0.3 is 21.1 Å². The van der Waals surface area contributed by atoms with Crippen LogP contribution in [0.3, 0.4) is 0 Å². The molecule has 1 saturated heterocycles. The number of hydrogen-bond donors (Lipinski definition) is 3. The van der Waals surface area contributed by atoms with Crippen LogP contribution in [0.5, 0.6) is 0 Å². The molecule has 134 valence electrons. The Balaban J connectivity index is 0.00000288. The number of amides is 2. The van der Waals surface area contributed by atoms with Gasteiger partial charge >= 0.3 is 0 Å². The molecule has 24 heavy (non-hydrogen) atoms. The molecule has 1 fully saturated rings. The second-order valence-electron chi connectivity index (χ2n) is 5.85. The minimum Gasteiger partial charge on any atom is -0.381 e. The molecule has 7 heteroatoms. The van der Waals surface area contributed by atoms with E-state index in [9.17, 15) is 9.59 Å². The number of halogens is 1. The van der Waals surface area contributed by atoms with Crippen LogP contribution in [0, 0.1) is 12.8 Å². The number of aryl methyl sites for hydroxylation is 1. The zero-order valence-electron chi connectivity index (χ0n) is 14.1. The van der Waals surface area contributed by atoms with Gasteiger partial charge in [0, 0.05) is 31.0 Å². The summed E-state index contributed by atoms with van der Waals surface area (Å²) in [5.74, 6) is -0.236. The number of carbonyl (C=O) groups is 2. The van der Waals surface area contributed by atoms with Gasteiger partial charge in [0.25, 0.3) is 5.91 Å². The van der Waals surface area contributed by atoms with Crippen LogP contribution in [-0.2, 0) is 9.53 Å². The van der Waals surface area contributed by atoms with Crippen LogP contribution >= 0.6 is 12.4 Å². The highest BCUT2D eigenvalue weighted by Gasteiger charge is 2.26. The molecule has 1 aliphatic rings. The summed E-state index contributed by atoms with van der Waals surface area (Å²) in [4.78, 5) is 24.3. The second-order valence-corrected chi connectivity index (χ2v) is 5.85. The van der Waals surface area contributed by atoms with Gasteiger partial charge in [0.1, 0.15) is 0 Å². The number of rotatable bonds is 5. The average molecular weight is 356 g/mol. The normalized spacial score (nSPS) is 16.0. The van der Waals surface area contributed by atoms with Gasteiger partial charge in [-0.2, -0.15) is 0 Å².